The highest BCUT2D eigenvalue weighted by molar-refractivity contribution is 6.32. The summed E-state index contributed by atoms with van der Waals surface area (Å²) in [7, 11) is 0. The number of benzene rings is 2. The maximum absolute atomic E-state index is 13.7. The Labute approximate surface area is 195 Å². The van der Waals surface area contributed by atoms with E-state index >= 15 is 0 Å². The van der Waals surface area contributed by atoms with Gasteiger partial charge in [0.25, 0.3) is 0 Å². The largest absolute Gasteiger partial charge is 0.390 e. The minimum absolute atomic E-state index is 0.00691. The van der Waals surface area contributed by atoms with Crippen molar-refractivity contribution >= 4 is 17.5 Å². The fourth-order valence-corrected chi connectivity index (χ4v) is 4.30. The average Bonchev–Trinajstić information content (AvgIpc) is 3.35. The van der Waals surface area contributed by atoms with Crippen LogP contribution >= 0.6 is 11.6 Å². The van der Waals surface area contributed by atoms with Crippen LogP contribution in [0.1, 0.15) is 36.0 Å². The van der Waals surface area contributed by atoms with Crippen molar-refractivity contribution in [3.05, 3.63) is 70.3 Å². The van der Waals surface area contributed by atoms with E-state index in [2.05, 4.69) is 15.5 Å². The van der Waals surface area contributed by atoms with Crippen molar-refractivity contribution in [1.29, 1.82) is 5.26 Å². The molecule has 10 heteroatoms. The molecular weight excluding hydrogens is 447 g/mol. The molecule has 0 atom stereocenters. The average molecular weight is 469 g/mol. The number of piperidine rings is 1. The third kappa shape index (κ3) is 5.18. The first kappa shape index (κ1) is 22.8. The molecular formula is C23H22ClFN6O2. The lowest BCUT2D eigenvalue weighted by atomic mass is 9.85. The molecule has 1 N–H and O–H groups in total. The second-order valence-corrected chi connectivity index (χ2v) is 8.59. The van der Waals surface area contributed by atoms with E-state index in [1.807, 2.05) is 24.3 Å². The Morgan fingerprint density at radius 2 is 1.94 bits per heavy atom. The Balaban J connectivity index is 1.30. The molecule has 3 aromatic rings. The number of aromatic nitrogens is 4. The number of carbonyl (C=O) groups excluding carboxylic acids is 1. The van der Waals surface area contributed by atoms with E-state index in [1.54, 1.807) is 17.0 Å². The van der Waals surface area contributed by atoms with Gasteiger partial charge in [-0.25, -0.2) is 9.07 Å². The van der Waals surface area contributed by atoms with Gasteiger partial charge in [-0.15, -0.1) is 5.10 Å². The predicted octanol–water partition coefficient (Wildman–Crippen LogP) is 2.86. The zero-order valence-electron chi connectivity index (χ0n) is 17.8. The van der Waals surface area contributed by atoms with Crippen LogP contribution in [0.5, 0.6) is 0 Å². The molecule has 1 saturated heterocycles. The van der Waals surface area contributed by atoms with Crippen molar-refractivity contribution in [2.45, 2.75) is 37.7 Å². The van der Waals surface area contributed by atoms with E-state index < -0.39 is 11.4 Å². The van der Waals surface area contributed by atoms with Crippen molar-refractivity contribution in [3.63, 3.8) is 0 Å². The monoisotopic (exact) mass is 468 g/mol. The first-order valence-electron chi connectivity index (χ1n) is 10.6. The van der Waals surface area contributed by atoms with Crippen LogP contribution in [0.2, 0.25) is 5.02 Å². The van der Waals surface area contributed by atoms with E-state index in [0.717, 1.165) is 11.3 Å². The van der Waals surface area contributed by atoms with Crippen LogP contribution in [-0.4, -0.2) is 54.8 Å². The van der Waals surface area contributed by atoms with Crippen molar-refractivity contribution in [3.8, 4) is 11.8 Å². The van der Waals surface area contributed by atoms with Gasteiger partial charge in [0, 0.05) is 13.1 Å². The molecule has 1 fully saturated rings. The minimum atomic E-state index is -0.936. The molecule has 2 aromatic carbocycles. The summed E-state index contributed by atoms with van der Waals surface area (Å²) in [6, 6.07) is 12.0. The molecule has 1 aromatic heterocycles. The number of nitrogens with zero attached hydrogens (tertiary/aromatic N) is 6. The summed E-state index contributed by atoms with van der Waals surface area (Å²) in [5, 5.41) is 31.2. The summed E-state index contributed by atoms with van der Waals surface area (Å²) < 4.78 is 15.2. The highest BCUT2D eigenvalue weighted by Crippen LogP contribution is 2.31. The van der Waals surface area contributed by atoms with Crippen molar-refractivity contribution < 1.29 is 14.3 Å². The normalized spacial score (nSPS) is 15.3. The number of nitriles is 1. The summed E-state index contributed by atoms with van der Waals surface area (Å²) in [5.41, 5.74) is 1.22. The first-order chi connectivity index (χ1) is 15.9. The van der Waals surface area contributed by atoms with E-state index in [0.29, 0.717) is 44.3 Å². The van der Waals surface area contributed by atoms with E-state index in [-0.39, 0.29) is 22.9 Å². The van der Waals surface area contributed by atoms with E-state index in [4.69, 9.17) is 16.9 Å². The van der Waals surface area contributed by atoms with Gasteiger partial charge in [-0.3, -0.25) is 4.79 Å². The molecule has 0 saturated carbocycles. The zero-order valence-corrected chi connectivity index (χ0v) is 18.5. The third-order valence-corrected chi connectivity index (χ3v) is 6.53. The van der Waals surface area contributed by atoms with Crippen LogP contribution in [0.3, 0.4) is 0 Å². The highest BCUT2D eigenvalue weighted by atomic mass is 35.5. The predicted molar refractivity (Wildman–Crippen MR) is 118 cm³/mol. The lowest BCUT2D eigenvalue weighted by Gasteiger charge is -2.38. The van der Waals surface area contributed by atoms with Crippen LogP contribution in [0.25, 0.3) is 5.69 Å². The quantitative estimate of drug-likeness (QED) is 0.596. The number of rotatable bonds is 6. The lowest BCUT2D eigenvalue weighted by molar-refractivity contribution is -0.134. The summed E-state index contributed by atoms with van der Waals surface area (Å²) in [4.78, 5) is 14.5. The van der Waals surface area contributed by atoms with E-state index in [1.165, 1.54) is 17.1 Å². The summed E-state index contributed by atoms with van der Waals surface area (Å²) in [6.45, 7) is 0.914. The van der Waals surface area contributed by atoms with Gasteiger partial charge in [-0.05, 0) is 65.4 Å². The summed E-state index contributed by atoms with van der Waals surface area (Å²) in [5.74, 6) is -0.644. The Morgan fingerprint density at radius 3 is 2.58 bits per heavy atom. The van der Waals surface area contributed by atoms with E-state index in [9.17, 15) is 14.3 Å². The molecule has 8 nitrogen and oxygen atoms in total. The molecule has 4 rings (SSSR count). The summed E-state index contributed by atoms with van der Waals surface area (Å²) >= 11 is 6.15. The second-order valence-electron chi connectivity index (χ2n) is 8.21. The number of hydrogen-bond acceptors (Lipinski definition) is 6. The lowest BCUT2D eigenvalue weighted by Crippen LogP contribution is -2.47. The fourth-order valence-electron chi connectivity index (χ4n) is 4.01. The highest BCUT2D eigenvalue weighted by Gasteiger charge is 2.33. The second kappa shape index (κ2) is 9.65. The number of halogens is 2. The van der Waals surface area contributed by atoms with Gasteiger partial charge in [0.05, 0.1) is 22.7 Å². The van der Waals surface area contributed by atoms with Gasteiger partial charge in [0.15, 0.2) is 0 Å². The van der Waals surface area contributed by atoms with Crippen LogP contribution in [0, 0.1) is 17.1 Å². The zero-order chi connectivity index (χ0) is 23.4. The SMILES string of the molecule is N#Cc1c(F)ccc(CCC2(O)CCN(C(=O)Cc3ccc(-n4cnnn4)cc3)CC2)c1Cl. The maximum atomic E-state index is 13.7. The molecule has 1 amide bonds. The van der Waals surface area contributed by atoms with Crippen LogP contribution in [0.15, 0.2) is 42.7 Å². The summed E-state index contributed by atoms with van der Waals surface area (Å²) in [6.07, 6.45) is 3.51. The number of aryl methyl sites for hydroxylation is 1. The van der Waals surface area contributed by atoms with Gasteiger partial charge >= 0.3 is 0 Å². The Hall–Kier alpha value is -3.35. The first-order valence-corrected chi connectivity index (χ1v) is 11.0. The van der Waals surface area contributed by atoms with Gasteiger partial charge in [-0.2, -0.15) is 5.26 Å². The van der Waals surface area contributed by atoms with Crippen molar-refractivity contribution in [1.82, 2.24) is 25.1 Å². The Morgan fingerprint density at radius 1 is 1.21 bits per heavy atom. The van der Waals surface area contributed by atoms with Crippen LogP contribution in [0.4, 0.5) is 4.39 Å². The number of aliphatic hydroxyl groups is 1. The third-order valence-electron chi connectivity index (χ3n) is 6.09. The molecule has 33 heavy (non-hydrogen) atoms. The molecule has 1 aliphatic heterocycles. The molecule has 0 radical (unpaired) electrons. The standard InChI is InChI=1S/C23H22ClFN6O2/c24-22-17(3-6-20(25)19(22)14-26)7-8-23(33)9-11-30(12-10-23)21(32)13-16-1-4-18(5-2-16)31-15-27-28-29-31/h1-6,15,33H,7-13H2. The Kier molecular flexibility index (Phi) is 6.67. The minimum Gasteiger partial charge on any atom is -0.390 e. The molecule has 1 aliphatic rings. The van der Waals surface area contributed by atoms with Gasteiger partial charge < -0.3 is 10.0 Å². The number of likely N-dealkylation sites (tertiary alicyclic amines) is 1. The van der Waals surface area contributed by atoms with Gasteiger partial charge in [-0.1, -0.05) is 29.8 Å². The molecule has 170 valence electrons. The number of amides is 1. The molecule has 0 spiro atoms. The topological polar surface area (TPSA) is 108 Å². The van der Waals surface area contributed by atoms with Crippen molar-refractivity contribution in [2.24, 2.45) is 0 Å². The van der Waals surface area contributed by atoms with Gasteiger partial charge in [0.1, 0.15) is 23.8 Å². The molecule has 2 heterocycles. The fraction of sp³-hybridized carbons (Fsp3) is 0.348. The van der Waals surface area contributed by atoms with Crippen LogP contribution in [-0.2, 0) is 17.6 Å². The molecule has 0 unspecified atom stereocenters. The molecule has 0 bridgehead atoms. The number of hydrogen-bond donors (Lipinski definition) is 1. The number of tetrazole rings is 1. The maximum Gasteiger partial charge on any atom is 0.226 e. The Bertz CT molecular complexity index is 1170. The smallest absolute Gasteiger partial charge is 0.226 e. The molecule has 0 aliphatic carbocycles. The van der Waals surface area contributed by atoms with Crippen molar-refractivity contribution in [2.75, 3.05) is 13.1 Å². The van der Waals surface area contributed by atoms with Crippen LogP contribution < -0.4 is 0 Å². The number of carbonyl (C=O) groups is 1. The van der Waals surface area contributed by atoms with Gasteiger partial charge in [0.2, 0.25) is 5.91 Å².